The van der Waals surface area contributed by atoms with Crippen LogP contribution < -0.4 is 0 Å². The molecule has 0 atom stereocenters. The lowest BCUT2D eigenvalue weighted by atomic mass is 9.92. The Balaban J connectivity index is 1.28. The Morgan fingerprint density at radius 1 is 0.441 bits per heavy atom. The Hall–Kier alpha value is -7.31. The predicted molar refractivity (Wildman–Crippen MR) is 237 cm³/mol. The zero-order valence-corrected chi connectivity index (χ0v) is 32.6. The fraction of sp³-hybridized carbons (Fsp3) is 0.0755. The fourth-order valence-corrected chi connectivity index (χ4v) is 8.40. The minimum atomic E-state index is -0.649. The number of aromatic nitrogens is 4. The Bertz CT molecular complexity index is 3070. The average molecular weight is 769 g/mol. The van der Waals surface area contributed by atoms with Crippen LogP contribution in [0.5, 0.6) is 0 Å². The first kappa shape index (κ1) is 36.1. The molecule has 0 saturated carbocycles. The highest BCUT2D eigenvalue weighted by atomic mass is 19.1. The average Bonchev–Trinajstić information content (AvgIpc) is 3.59. The second kappa shape index (κ2) is 14.9. The molecule has 59 heavy (non-hydrogen) atoms. The van der Waals surface area contributed by atoms with Crippen LogP contribution in [0.2, 0.25) is 0 Å². The van der Waals surface area contributed by atoms with Crippen LogP contribution in [0.15, 0.2) is 175 Å². The first-order valence-corrected chi connectivity index (χ1v) is 19.9. The van der Waals surface area contributed by atoms with Crippen LogP contribution >= 0.6 is 0 Å². The summed E-state index contributed by atoms with van der Waals surface area (Å²) in [5.41, 5.74) is 13.5. The molecule has 1 aliphatic rings. The predicted octanol–water partition coefficient (Wildman–Crippen LogP) is 14.0. The lowest BCUT2D eigenvalue weighted by molar-refractivity contribution is 0.584. The molecule has 0 bridgehead atoms. The molecule has 0 amide bonds. The molecule has 7 aromatic carbocycles. The Labute approximate surface area is 341 Å². The van der Waals surface area contributed by atoms with E-state index in [-0.39, 0.29) is 0 Å². The van der Waals surface area contributed by atoms with Gasteiger partial charge in [-0.2, -0.15) is 0 Å². The van der Waals surface area contributed by atoms with Gasteiger partial charge in [0.1, 0.15) is 11.6 Å². The number of aryl methyl sites for hydroxylation is 1. The van der Waals surface area contributed by atoms with Crippen molar-refractivity contribution < 1.29 is 8.78 Å². The molecular weight excluding hydrogens is 731 g/mol. The first-order valence-electron chi connectivity index (χ1n) is 19.9. The largest absolute Gasteiger partial charge is 0.308 e. The molecule has 6 heteroatoms. The van der Waals surface area contributed by atoms with E-state index >= 15 is 0 Å². The van der Waals surface area contributed by atoms with Gasteiger partial charge in [0, 0.05) is 33.5 Å². The fourth-order valence-electron chi connectivity index (χ4n) is 8.40. The SMILES string of the molecule is CC1=CCCC=C1c1ccc2c(c1)c1cc(-c3ccccc3C)ccc1n2-c1ccc(-c2cc(F)cc(F)c2)cc1-c1nc(-c2ccccc2)nc(-c2ccccc2)n1. The minimum Gasteiger partial charge on any atom is -0.308 e. The zero-order chi connectivity index (χ0) is 40.0. The summed E-state index contributed by atoms with van der Waals surface area (Å²) in [5, 5.41) is 2.22. The van der Waals surface area contributed by atoms with Gasteiger partial charge < -0.3 is 4.57 Å². The van der Waals surface area contributed by atoms with Crippen molar-refractivity contribution in [3.05, 3.63) is 198 Å². The smallest absolute Gasteiger partial charge is 0.166 e. The Morgan fingerprint density at radius 2 is 1.00 bits per heavy atom. The highest BCUT2D eigenvalue weighted by Gasteiger charge is 2.22. The molecule has 0 fully saturated rings. The topological polar surface area (TPSA) is 43.6 Å². The number of halogens is 2. The van der Waals surface area contributed by atoms with Gasteiger partial charge in [0.2, 0.25) is 0 Å². The molecule has 0 saturated heterocycles. The van der Waals surface area contributed by atoms with E-state index in [2.05, 4.69) is 91.2 Å². The van der Waals surface area contributed by atoms with Crippen molar-refractivity contribution in [3.63, 3.8) is 0 Å². The van der Waals surface area contributed by atoms with Crippen LogP contribution in [0.25, 0.3) is 89.5 Å². The summed E-state index contributed by atoms with van der Waals surface area (Å²) >= 11 is 0. The highest BCUT2D eigenvalue weighted by molar-refractivity contribution is 6.12. The number of nitrogens with zero attached hydrogens (tertiary/aromatic N) is 4. The van der Waals surface area contributed by atoms with E-state index in [1.807, 2.05) is 78.9 Å². The lowest BCUT2D eigenvalue weighted by Gasteiger charge is -2.17. The van der Waals surface area contributed by atoms with E-state index < -0.39 is 11.6 Å². The molecule has 4 nitrogen and oxygen atoms in total. The van der Waals surface area contributed by atoms with Gasteiger partial charge in [0.05, 0.1) is 16.7 Å². The van der Waals surface area contributed by atoms with E-state index in [9.17, 15) is 8.78 Å². The molecule has 0 aliphatic heterocycles. The van der Waals surface area contributed by atoms with E-state index in [1.165, 1.54) is 40.0 Å². The van der Waals surface area contributed by atoms with Crippen LogP contribution in [0.4, 0.5) is 8.78 Å². The van der Waals surface area contributed by atoms with Crippen molar-refractivity contribution in [2.45, 2.75) is 26.7 Å². The van der Waals surface area contributed by atoms with Gasteiger partial charge in [-0.05, 0) is 120 Å². The maximum atomic E-state index is 14.8. The van der Waals surface area contributed by atoms with Gasteiger partial charge in [-0.3, -0.25) is 0 Å². The summed E-state index contributed by atoms with van der Waals surface area (Å²) in [5.74, 6) is 0.166. The summed E-state index contributed by atoms with van der Waals surface area (Å²) in [6, 6.07) is 51.0. The molecule has 284 valence electrons. The molecule has 0 spiro atoms. The van der Waals surface area contributed by atoms with E-state index in [1.54, 1.807) is 0 Å². The third kappa shape index (κ3) is 6.72. The van der Waals surface area contributed by atoms with Crippen LogP contribution in [-0.2, 0) is 0 Å². The molecule has 10 rings (SSSR count). The van der Waals surface area contributed by atoms with E-state index in [4.69, 9.17) is 15.0 Å². The Morgan fingerprint density at radius 3 is 1.64 bits per heavy atom. The third-order valence-electron chi connectivity index (χ3n) is 11.3. The number of hydrogen-bond donors (Lipinski definition) is 0. The maximum Gasteiger partial charge on any atom is 0.166 e. The van der Waals surface area contributed by atoms with Crippen molar-refractivity contribution >= 4 is 27.4 Å². The van der Waals surface area contributed by atoms with Gasteiger partial charge in [-0.1, -0.05) is 115 Å². The third-order valence-corrected chi connectivity index (χ3v) is 11.3. The van der Waals surface area contributed by atoms with Crippen LogP contribution in [-0.4, -0.2) is 19.5 Å². The lowest BCUT2D eigenvalue weighted by Crippen LogP contribution is -2.04. The molecular formula is C53H38F2N4. The normalized spacial score (nSPS) is 12.8. The number of hydrogen-bond acceptors (Lipinski definition) is 3. The second-order valence-electron chi connectivity index (χ2n) is 15.1. The van der Waals surface area contributed by atoms with Gasteiger partial charge in [0.15, 0.2) is 17.5 Å². The van der Waals surface area contributed by atoms with Crippen molar-refractivity contribution in [1.82, 2.24) is 19.5 Å². The number of fused-ring (bicyclic) bond motifs is 3. The molecule has 9 aromatic rings. The van der Waals surface area contributed by atoms with Gasteiger partial charge in [-0.15, -0.1) is 0 Å². The molecule has 0 unspecified atom stereocenters. The molecule has 2 heterocycles. The number of rotatable bonds is 7. The Kier molecular flexibility index (Phi) is 9.10. The van der Waals surface area contributed by atoms with E-state index in [0.29, 0.717) is 34.2 Å². The molecule has 0 radical (unpaired) electrons. The van der Waals surface area contributed by atoms with Gasteiger partial charge >= 0.3 is 0 Å². The number of allylic oxidation sites excluding steroid dienone is 4. The summed E-state index contributed by atoms with van der Waals surface area (Å²) < 4.78 is 31.8. The minimum absolute atomic E-state index is 0.412. The van der Waals surface area contributed by atoms with Crippen molar-refractivity contribution in [2.75, 3.05) is 0 Å². The van der Waals surface area contributed by atoms with Gasteiger partial charge in [-0.25, -0.2) is 23.7 Å². The zero-order valence-electron chi connectivity index (χ0n) is 32.6. The second-order valence-corrected chi connectivity index (χ2v) is 15.1. The van der Waals surface area contributed by atoms with Crippen LogP contribution in [0, 0.1) is 18.6 Å². The van der Waals surface area contributed by atoms with E-state index in [0.717, 1.165) is 63.1 Å². The van der Waals surface area contributed by atoms with Crippen molar-refractivity contribution in [3.8, 4) is 62.1 Å². The summed E-state index contributed by atoms with van der Waals surface area (Å²) in [7, 11) is 0. The highest BCUT2D eigenvalue weighted by Crippen LogP contribution is 2.41. The standard InChI is InChI=1S/C53H38F2N4/c1-33-13-9-11-19-43(33)38-22-25-48-45(30-38)46-31-39(44-20-12-10-14-34(44)2)23-26-49(46)59(48)50-24-21-37(40-27-41(54)32-42(55)28-40)29-47(50)53-57-51(35-15-5-3-6-16-35)56-52(58-53)36-17-7-4-8-18-36/h3-9,11,13-32H,10,12H2,1-2H3. The number of benzene rings is 7. The van der Waals surface area contributed by atoms with Crippen molar-refractivity contribution in [2.24, 2.45) is 0 Å². The molecule has 1 aliphatic carbocycles. The summed E-state index contributed by atoms with van der Waals surface area (Å²) in [6.45, 7) is 4.33. The molecule has 2 aromatic heterocycles. The maximum absolute atomic E-state index is 14.8. The summed E-state index contributed by atoms with van der Waals surface area (Å²) in [4.78, 5) is 15.3. The summed E-state index contributed by atoms with van der Waals surface area (Å²) in [6.07, 6.45) is 6.72. The molecule has 0 N–H and O–H groups in total. The van der Waals surface area contributed by atoms with Gasteiger partial charge in [0.25, 0.3) is 0 Å². The van der Waals surface area contributed by atoms with Crippen LogP contribution in [0.1, 0.15) is 30.9 Å². The quantitative estimate of drug-likeness (QED) is 0.162. The van der Waals surface area contributed by atoms with Crippen LogP contribution in [0.3, 0.4) is 0 Å². The van der Waals surface area contributed by atoms with Crippen molar-refractivity contribution in [1.29, 1.82) is 0 Å². The first-order chi connectivity index (χ1) is 28.9. The monoisotopic (exact) mass is 768 g/mol.